The molecule has 0 saturated carbocycles. The maximum atomic E-state index is 8.77. The van der Waals surface area contributed by atoms with Crippen LogP contribution >= 0.6 is 0 Å². The van der Waals surface area contributed by atoms with Crippen molar-refractivity contribution >= 4 is 0 Å². The number of hydrogen-bond acceptors (Lipinski definition) is 2. The van der Waals surface area contributed by atoms with Crippen LogP contribution in [-0.2, 0) is 6.42 Å². The largest absolute Gasteiger partial charge is 0.494 e. The van der Waals surface area contributed by atoms with Crippen LogP contribution in [0.2, 0.25) is 0 Å². The van der Waals surface area contributed by atoms with Crippen molar-refractivity contribution in [3.63, 3.8) is 0 Å². The van der Waals surface area contributed by atoms with Crippen molar-refractivity contribution in [2.24, 2.45) is 0 Å². The second-order valence-electron chi connectivity index (χ2n) is 4.03. The molecule has 0 saturated heterocycles. The van der Waals surface area contributed by atoms with Crippen LogP contribution < -0.4 is 4.74 Å². The molecule has 2 heteroatoms. The second-order valence-corrected chi connectivity index (χ2v) is 4.03. The van der Waals surface area contributed by atoms with Crippen LogP contribution in [0.4, 0.5) is 0 Å². The van der Waals surface area contributed by atoms with Gasteiger partial charge in [-0.05, 0) is 37.0 Å². The molecule has 0 unspecified atom stereocenters. The van der Waals surface area contributed by atoms with E-state index >= 15 is 0 Å². The van der Waals surface area contributed by atoms with Crippen molar-refractivity contribution in [3.8, 4) is 5.75 Å². The molecule has 0 amide bonds. The Balaban J connectivity index is 2.35. The average molecular weight is 222 g/mol. The molecule has 0 bridgehead atoms. The summed E-state index contributed by atoms with van der Waals surface area (Å²) in [6.07, 6.45) is 5.31. The second kappa shape index (κ2) is 8.17. The fraction of sp³-hybridized carbons (Fsp3) is 0.571. The predicted molar refractivity (Wildman–Crippen MR) is 66.9 cm³/mol. The van der Waals surface area contributed by atoms with E-state index in [-0.39, 0.29) is 6.61 Å². The molecule has 1 aromatic rings. The van der Waals surface area contributed by atoms with Crippen LogP contribution in [0.15, 0.2) is 24.3 Å². The van der Waals surface area contributed by atoms with Crippen molar-refractivity contribution in [1.82, 2.24) is 0 Å². The highest BCUT2D eigenvalue weighted by atomic mass is 16.5. The maximum Gasteiger partial charge on any atom is 0.119 e. The third-order valence-corrected chi connectivity index (χ3v) is 2.54. The van der Waals surface area contributed by atoms with Gasteiger partial charge in [0.25, 0.3) is 0 Å². The Labute approximate surface area is 98.3 Å². The minimum atomic E-state index is 0.252. The van der Waals surface area contributed by atoms with Gasteiger partial charge in [-0.25, -0.2) is 0 Å². The van der Waals surface area contributed by atoms with E-state index in [2.05, 4.69) is 19.1 Å². The zero-order valence-electron chi connectivity index (χ0n) is 10.1. The van der Waals surface area contributed by atoms with Gasteiger partial charge < -0.3 is 9.84 Å². The van der Waals surface area contributed by atoms with Crippen molar-refractivity contribution in [3.05, 3.63) is 29.8 Å². The lowest BCUT2D eigenvalue weighted by molar-refractivity contribution is 0.288. The molecule has 0 atom stereocenters. The van der Waals surface area contributed by atoms with Gasteiger partial charge in [-0.3, -0.25) is 0 Å². The zero-order valence-corrected chi connectivity index (χ0v) is 10.1. The van der Waals surface area contributed by atoms with Gasteiger partial charge in [-0.1, -0.05) is 31.9 Å². The Bertz CT molecular complexity index is 284. The van der Waals surface area contributed by atoms with E-state index in [1.165, 1.54) is 18.4 Å². The molecule has 16 heavy (non-hydrogen) atoms. The first kappa shape index (κ1) is 13.0. The quantitative estimate of drug-likeness (QED) is 0.684. The van der Waals surface area contributed by atoms with E-state index in [1.54, 1.807) is 0 Å². The van der Waals surface area contributed by atoms with Crippen LogP contribution in [-0.4, -0.2) is 18.3 Å². The van der Waals surface area contributed by atoms with Gasteiger partial charge in [0.05, 0.1) is 6.61 Å². The molecular formula is C14H22O2. The number of ether oxygens (including phenoxy) is 1. The topological polar surface area (TPSA) is 29.5 Å². The van der Waals surface area contributed by atoms with E-state index in [4.69, 9.17) is 9.84 Å². The molecule has 90 valence electrons. The average Bonchev–Trinajstić information content (AvgIpc) is 2.33. The van der Waals surface area contributed by atoms with Gasteiger partial charge >= 0.3 is 0 Å². The molecule has 0 heterocycles. The fourth-order valence-corrected chi connectivity index (χ4v) is 1.62. The number of aliphatic hydroxyl groups excluding tert-OH is 1. The zero-order chi connectivity index (χ0) is 11.6. The van der Waals surface area contributed by atoms with Gasteiger partial charge in [0.2, 0.25) is 0 Å². The van der Waals surface area contributed by atoms with E-state index in [1.807, 2.05) is 12.1 Å². The third-order valence-electron chi connectivity index (χ3n) is 2.54. The minimum Gasteiger partial charge on any atom is -0.494 e. The molecule has 0 aliphatic carbocycles. The summed E-state index contributed by atoms with van der Waals surface area (Å²) in [5.41, 5.74) is 1.24. The molecule has 0 aliphatic heterocycles. The van der Waals surface area contributed by atoms with Crippen molar-refractivity contribution in [2.45, 2.75) is 39.0 Å². The Morgan fingerprint density at radius 1 is 1.19 bits per heavy atom. The lowest BCUT2D eigenvalue weighted by atomic mass is 10.1. The Hall–Kier alpha value is -1.02. The molecule has 0 spiro atoms. The molecule has 1 N–H and O–H groups in total. The number of benzene rings is 1. The number of rotatable bonds is 8. The molecule has 1 rings (SSSR count). The lowest BCUT2D eigenvalue weighted by Gasteiger charge is -2.07. The van der Waals surface area contributed by atoms with Crippen LogP contribution in [0.5, 0.6) is 5.75 Å². The summed E-state index contributed by atoms with van der Waals surface area (Å²) < 4.78 is 5.67. The van der Waals surface area contributed by atoms with E-state index in [0.29, 0.717) is 0 Å². The molecule has 0 aromatic heterocycles. The maximum absolute atomic E-state index is 8.77. The van der Waals surface area contributed by atoms with Gasteiger partial charge in [0.15, 0.2) is 0 Å². The summed E-state index contributed by atoms with van der Waals surface area (Å²) in [4.78, 5) is 0. The molecule has 0 aliphatic rings. The summed E-state index contributed by atoms with van der Waals surface area (Å²) in [6, 6.07) is 8.16. The highest BCUT2D eigenvalue weighted by molar-refractivity contribution is 5.28. The van der Waals surface area contributed by atoms with Crippen LogP contribution in [0, 0.1) is 0 Å². The lowest BCUT2D eigenvalue weighted by Crippen LogP contribution is -1.98. The highest BCUT2D eigenvalue weighted by Gasteiger charge is 1.97. The van der Waals surface area contributed by atoms with Crippen molar-refractivity contribution in [2.75, 3.05) is 13.2 Å². The minimum absolute atomic E-state index is 0.252. The standard InChI is InChI=1S/C14H22O2/c1-2-3-4-11-16-14-9-5-7-13(12-14)8-6-10-15/h5,7,9,12,15H,2-4,6,8,10-11H2,1H3. The van der Waals surface area contributed by atoms with E-state index < -0.39 is 0 Å². The SMILES string of the molecule is CCCCCOc1cccc(CCCO)c1. The van der Waals surface area contributed by atoms with E-state index in [0.717, 1.165) is 31.6 Å². The third kappa shape index (κ3) is 5.17. The molecule has 2 nitrogen and oxygen atoms in total. The summed E-state index contributed by atoms with van der Waals surface area (Å²) in [7, 11) is 0. The molecule has 0 fully saturated rings. The fourth-order valence-electron chi connectivity index (χ4n) is 1.62. The first-order chi connectivity index (χ1) is 7.86. The summed E-state index contributed by atoms with van der Waals surface area (Å²) in [5.74, 6) is 0.951. The van der Waals surface area contributed by atoms with Crippen LogP contribution in [0.25, 0.3) is 0 Å². The number of hydrogen-bond donors (Lipinski definition) is 1. The number of unbranched alkanes of at least 4 members (excludes halogenated alkanes) is 2. The van der Waals surface area contributed by atoms with E-state index in [9.17, 15) is 0 Å². The molecule has 0 radical (unpaired) electrons. The monoisotopic (exact) mass is 222 g/mol. The van der Waals surface area contributed by atoms with Crippen LogP contribution in [0.3, 0.4) is 0 Å². The van der Waals surface area contributed by atoms with Gasteiger partial charge in [-0.2, -0.15) is 0 Å². The van der Waals surface area contributed by atoms with Crippen LogP contribution in [0.1, 0.15) is 38.2 Å². The Morgan fingerprint density at radius 2 is 2.06 bits per heavy atom. The van der Waals surface area contributed by atoms with Crippen molar-refractivity contribution in [1.29, 1.82) is 0 Å². The predicted octanol–water partition coefficient (Wildman–Crippen LogP) is 3.18. The van der Waals surface area contributed by atoms with Gasteiger partial charge in [0.1, 0.15) is 5.75 Å². The summed E-state index contributed by atoms with van der Waals surface area (Å²) >= 11 is 0. The van der Waals surface area contributed by atoms with Crippen molar-refractivity contribution < 1.29 is 9.84 Å². The van der Waals surface area contributed by atoms with Gasteiger partial charge in [-0.15, -0.1) is 0 Å². The first-order valence-corrected chi connectivity index (χ1v) is 6.19. The number of aliphatic hydroxyl groups is 1. The summed E-state index contributed by atoms with van der Waals surface area (Å²) in [6.45, 7) is 3.24. The number of aryl methyl sites for hydroxylation is 1. The summed E-state index contributed by atoms with van der Waals surface area (Å²) in [5, 5.41) is 8.77. The van der Waals surface area contributed by atoms with Gasteiger partial charge in [0, 0.05) is 6.61 Å². The normalized spacial score (nSPS) is 10.4. The smallest absolute Gasteiger partial charge is 0.119 e. The first-order valence-electron chi connectivity index (χ1n) is 6.19. The Kier molecular flexibility index (Phi) is 6.66. The molecule has 1 aromatic carbocycles. The Morgan fingerprint density at radius 3 is 2.81 bits per heavy atom. The molecular weight excluding hydrogens is 200 g/mol. The highest BCUT2D eigenvalue weighted by Crippen LogP contribution is 2.15.